The van der Waals surface area contributed by atoms with Crippen LogP contribution in [0.15, 0.2) is 11.3 Å². The molecule has 162 valence electrons. The first-order valence-electron chi connectivity index (χ1n) is 10.9. The molecule has 2 amide bonds. The third-order valence-corrected chi connectivity index (χ3v) is 6.98. The summed E-state index contributed by atoms with van der Waals surface area (Å²) in [4.78, 5) is 39.2. The fourth-order valence-electron chi connectivity index (χ4n) is 5.25. The molecule has 2 aliphatic carbocycles. The first-order chi connectivity index (χ1) is 14.0. The predicted molar refractivity (Wildman–Crippen MR) is 108 cm³/mol. The van der Waals surface area contributed by atoms with Crippen molar-refractivity contribution in [1.82, 2.24) is 10.2 Å². The topological polar surface area (TPSA) is 84.9 Å². The minimum absolute atomic E-state index is 0.0926. The molecule has 0 aromatic heterocycles. The quantitative estimate of drug-likeness (QED) is 0.708. The second-order valence-electron chi connectivity index (χ2n) is 8.67. The summed E-state index contributed by atoms with van der Waals surface area (Å²) in [5, 5.41) is 3.09. The summed E-state index contributed by atoms with van der Waals surface area (Å²) in [5.74, 6) is -0.0490. The van der Waals surface area contributed by atoms with Crippen molar-refractivity contribution in [3.63, 3.8) is 0 Å². The molecule has 3 rings (SSSR count). The number of amides is 2. The number of ether oxygens (including phenoxy) is 2. The van der Waals surface area contributed by atoms with Crippen LogP contribution in [0.2, 0.25) is 0 Å². The van der Waals surface area contributed by atoms with Gasteiger partial charge in [-0.05, 0) is 57.3 Å². The molecule has 29 heavy (non-hydrogen) atoms. The molecule has 1 atom stereocenters. The molecule has 1 heterocycles. The van der Waals surface area contributed by atoms with Crippen molar-refractivity contribution in [3.05, 3.63) is 11.3 Å². The molecule has 2 fully saturated rings. The number of hydrogen-bond acceptors (Lipinski definition) is 5. The van der Waals surface area contributed by atoms with Gasteiger partial charge in [-0.25, -0.2) is 9.59 Å². The van der Waals surface area contributed by atoms with Gasteiger partial charge in [0, 0.05) is 12.2 Å². The molecule has 1 unspecified atom stereocenters. The highest BCUT2D eigenvalue weighted by Crippen LogP contribution is 2.37. The first-order valence-corrected chi connectivity index (χ1v) is 10.9. The summed E-state index contributed by atoms with van der Waals surface area (Å²) >= 11 is 0. The second-order valence-corrected chi connectivity index (χ2v) is 8.67. The fraction of sp³-hybridized carbons (Fsp3) is 0.773. The monoisotopic (exact) mass is 406 g/mol. The first kappa shape index (κ1) is 21.7. The van der Waals surface area contributed by atoms with E-state index < -0.39 is 0 Å². The number of nitrogens with zero attached hydrogens (tertiary/aromatic N) is 1. The SMILES string of the molecule is COC(=O)C1=C(C)N(CC2CCCCC2)C(=O)NC1C1CCC(C(=O)OC)CC1. The fourth-order valence-corrected chi connectivity index (χ4v) is 5.25. The highest BCUT2D eigenvalue weighted by Gasteiger charge is 2.41. The van der Waals surface area contributed by atoms with E-state index in [4.69, 9.17) is 9.47 Å². The number of esters is 2. The molecule has 0 bridgehead atoms. The highest BCUT2D eigenvalue weighted by molar-refractivity contribution is 5.94. The van der Waals surface area contributed by atoms with Crippen molar-refractivity contribution in [2.45, 2.75) is 70.8 Å². The van der Waals surface area contributed by atoms with Crippen molar-refractivity contribution >= 4 is 18.0 Å². The van der Waals surface area contributed by atoms with Crippen LogP contribution >= 0.6 is 0 Å². The molecule has 0 aromatic carbocycles. The van der Waals surface area contributed by atoms with E-state index in [1.54, 1.807) is 4.90 Å². The van der Waals surface area contributed by atoms with E-state index in [0.29, 0.717) is 36.6 Å². The number of urea groups is 1. The molecule has 2 saturated carbocycles. The van der Waals surface area contributed by atoms with E-state index in [0.717, 1.165) is 25.7 Å². The summed E-state index contributed by atoms with van der Waals surface area (Å²) in [6.45, 7) is 2.51. The van der Waals surface area contributed by atoms with Gasteiger partial charge in [0.25, 0.3) is 0 Å². The summed E-state index contributed by atoms with van der Waals surface area (Å²) in [7, 11) is 2.80. The molecule has 0 spiro atoms. The summed E-state index contributed by atoms with van der Waals surface area (Å²) < 4.78 is 9.95. The molecule has 7 heteroatoms. The number of allylic oxidation sites excluding steroid dienone is 1. The highest BCUT2D eigenvalue weighted by atomic mass is 16.5. The molecule has 3 aliphatic rings. The minimum atomic E-state index is -0.378. The molecule has 1 aliphatic heterocycles. The Morgan fingerprint density at radius 1 is 1.00 bits per heavy atom. The van der Waals surface area contributed by atoms with Gasteiger partial charge in [0.15, 0.2) is 0 Å². The van der Waals surface area contributed by atoms with Crippen LogP contribution < -0.4 is 5.32 Å². The van der Waals surface area contributed by atoms with E-state index >= 15 is 0 Å². The predicted octanol–water partition coefficient (Wildman–Crippen LogP) is 3.39. The maximum Gasteiger partial charge on any atom is 0.337 e. The molecule has 1 N–H and O–H groups in total. The molecule has 0 aromatic rings. The number of rotatable bonds is 5. The standard InChI is InChI=1S/C22H34N2O5/c1-14-18(21(26)29-3)19(16-9-11-17(12-10-16)20(25)28-2)23-22(27)24(14)13-15-7-5-4-6-8-15/h15-17,19H,4-13H2,1-3H3,(H,23,27). The zero-order valence-electron chi connectivity index (χ0n) is 17.9. The smallest absolute Gasteiger partial charge is 0.337 e. The summed E-state index contributed by atoms with van der Waals surface area (Å²) in [5.41, 5.74) is 1.27. The van der Waals surface area contributed by atoms with Gasteiger partial charge in [0.2, 0.25) is 0 Å². The van der Waals surface area contributed by atoms with Gasteiger partial charge in [-0.3, -0.25) is 9.69 Å². The average molecular weight is 407 g/mol. The van der Waals surface area contributed by atoms with Crippen LogP contribution in [0.3, 0.4) is 0 Å². The number of hydrogen-bond donors (Lipinski definition) is 1. The van der Waals surface area contributed by atoms with Crippen molar-refractivity contribution in [1.29, 1.82) is 0 Å². The number of methoxy groups -OCH3 is 2. The Morgan fingerprint density at radius 2 is 1.66 bits per heavy atom. The third-order valence-electron chi connectivity index (χ3n) is 6.98. The van der Waals surface area contributed by atoms with Gasteiger partial charge in [-0.15, -0.1) is 0 Å². The third kappa shape index (κ3) is 4.75. The Balaban J connectivity index is 1.78. The lowest BCUT2D eigenvalue weighted by atomic mass is 9.75. The summed E-state index contributed by atoms with van der Waals surface area (Å²) in [6.07, 6.45) is 8.89. The average Bonchev–Trinajstić information content (AvgIpc) is 2.76. The number of carbonyl (C=O) groups excluding carboxylic acids is 3. The molecular weight excluding hydrogens is 372 g/mol. The Bertz CT molecular complexity index is 660. The second kappa shape index (κ2) is 9.63. The largest absolute Gasteiger partial charge is 0.469 e. The normalized spacial score (nSPS) is 28.7. The van der Waals surface area contributed by atoms with Crippen molar-refractivity contribution in [2.24, 2.45) is 17.8 Å². The number of carbonyl (C=O) groups is 3. The molecular formula is C22H34N2O5. The Hall–Kier alpha value is -2.05. The van der Waals surface area contributed by atoms with Crippen LogP contribution in [0.4, 0.5) is 4.79 Å². The van der Waals surface area contributed by atoms with Gasteiger partial charge >= 0.3 is 18.0 Å². The Labute approximate surface area is 173 Å². The van der Waals surface area contributed by atoms with Crippen LogP contribution in [0.1, 0.15) is 64.7 Å². The van der Waals surface area contributed by atoms with Gasteiger partial charge in [-0.1, -0.05) is 19.3 Å². The number of nitrogens with one attached hydrogen (secondary N) is 1. The van der Waals surface area contributed by atoms with Gasteiger partial charge < -0.3 is 14.8 Å². The Kier molecular flexibility index (Phi) is 7.19. The maximum absolute atomic E-state index is 13.0. The maximum atomic E-state index is 13.0. The Morgan fingerprint density at radius 3 is 2.24 bits per heavy atom. The molecule has 7 nitrogen and oxygen atoms in total. The van der Waals surface area contributed by atoms with E-state index in [9.17, 15) is 14.4 Å². The zero-order valence-corrected chi connectivity index (χ0v) is 17.9. The van der Waals surface area contributed by atoms with E-state index in [2.05, 4.69) is 5.32 Å². The van der Waals surface area contributed by atoms with Crippen LogP contribution in [0.25, 0.3) is 0 Å². The van der Waals surface area contributed by atoms with Gasteiger partial charge in [0.1, 0.15) is 0 Å². The van der Waals surface area contributed by atoms with E-state index in [-0.39, 0.29) is 35.8 Å². The van der Waals surface area contributed by atoms with Crippen molar-refractivity contribution in [3.8, 4) is 0 Å². The van der Waals surface area contributed by atoms with Crippen molar-refractivity contribution < 1.29 is 23.9 Å². The minimum Gasteiger partial charge on any atom is -0.469 e. The lowest BCUT2D eigenvalue weighted by Crippen LogP contribution is -2.55. The van der Waals surface area contributed by atoms with E-state index in [1.807, 2.05) is 6.92 Å². The van der Waals surface area contributed by atoms with Crippen LogP contribution in [0, 0.1) is 17.8 Å². The zero-order chi connectivity index (χ0) is 21.0. The lowest BCUT2D eigenvalue weighted by Gasteiger charge is -2.41. The van der Waals surface area contributed by atoms with Crippen LogP contribution in [-0.2, 0) is 19.1 Å². The van der Waals surface area contributed by atoms with E-state index in [1.165, 1.54) is 33.5 Å². The van der Waals surface area contributed by atoms with Gasteiger partial charge in [-0.2, -0.15) is 0 Å². The summed E-state index contributed by atoms with van der Waals surface area (Å²) in [6, 6.07) is -0.489. The molecule has 0 saturated heterocycles. The van der Waals surface area contributed by atoms with Crippen LogP contribution in [-0.4, -0.2) is 49.7 Å². The molecule has 0 radical (unpaired) electrons. The van der Waals surface area contributed by atoms with Crippen molar-refractivity contribution in [2.75, 3.05) is 20.8 Å². The van der Waals surface area contributed by atoms with Crippen LogP contribution in [0.5, 0.6) is 0 Å². The lowest BCUT2D eigenvalue weighted by molar-refractivity contribution is -0.147. The van der Waals surface area contributed by atoms with Gasteiger partial charge in [0.05, 0.1) is 31.8 Å².